The number of likely N-dealkylation sites (N-methyl/N-ethyl adjacent to an activating group) is 1. The molecule has 0 aliphatic heterocycles. The molecule has 0 radical (unpaired) electrons. The van der Waals surface area contributed by atoms with Crippen molar-refractivity contribution in [3.8, 4) is 0 Å². The fourth-order valence-corrected chi connectivity index (χ4v) is 1.18. The van der Waals surface area contributed by atoms with Crippen molar-refractivity contribution >= 4 is 11.8 Å². The molecule has 4 nitrogen and oxygen atoms in total. The summed E-state index contributed by atoms with van der Waals surface area (Å²) >= 11 is 0. The summed E-state index contributed by atoms with van der Waals surface area (Å²) in [5.74, 6) is -0.162. The molecule has 1 unspecified atom stereocenters. The van der Waals surface area contributed by atoms with Crippen molar-refractivity contribution in [2.24, 2.45) is 0 Å². The number of nitrogens with zero attached hydrogens (tertiary/aromatic N) is 2. The highest BCUT2D eigenvalue weighted by Gasteiger charge is 2.18. The molecule has 0 amide bonds. The molecule has 4 heteroatoms. The molecular weight excluding hydrogens is 192 g/mol. The van der Waals surface area contributed by atoms with Gasteiger partial charge in [-0.25, -0.2) is 9.78 Å². The number of hydrogen-bond acceptors (Lipinski definition) is 3. The fraction of sp³-hybridized carbons (Fsp3) is 0.455. The number of carboxylic acid groups (broad SMARTS) is 1. The van der Waals surface area contributed by atoms with Crippen molar-refractivity contribution in [3.05, 3.63) is 23.4 Å². The van der Waals surface area contributed by atoms with Gasteiger partial charge in [0.2, 0.25) is 0 Å². The molecule has 1 heterocycles. The molecular formula is C11H16N2O2. The Kier molecular flexibility index (Phi) is 3.29. The first-order valence-corrected chi connectivity index (χ1v) is 4.83. The second kappa shape index (κ2) is 4.29. The first-order chi connectivity index (χ1) is 6.93. The van der Waals surface area contributed by atoms with E-state index in [-0.39, 0.29) is 0 Å². The Balaban J connectivity index is 2.96. The fourth-order valence-electron chi connectivity index (χ4n) is 1.18. The Bertz CT molecular complexity index is 377. The number of hydrogen-bond donors (Lipinski definition) is 1. The molecule has 0 saturated heterocycles. The topological polar surface area (TPSA) is 53.4 Å². The first kappa shape index (κ1) is 11.5. The Morgan fingerprint density at radius 2 is 2.07 bits per heavy atom. The summed E-state index contributed by atoms with van der Waals surface area (Å²) in [4.78, 5) is 16.8. The van der Waals surface area contributed by atoms with Gasteiger partial charge in [0.05, 0.1) is 0 Å². The third kappa shape index (κ3) is 2.46. The van der Waals surface area contributed by atoms with Gasteiger partial charge in [-0.2, -0.15) is 0 Å². The van der Waals surface area contributed by atoms with Crippen molar-refractivity contribution in [2.45, 2.75) is 26.8 Å². The smallest absolute Gasteiger partial charge is 0.326 e. The molecule has 0 aromatic carbocycles. The SMILES string of the molecule is Cc1ccc(N(C)C(C)C(=O)O)nc1C. The molecule has 0 aliphatic carbocycles. The van der Waals surface area contributed by atoms with Crippen molar-refractivity contribution in [1.29, 1.82) is 0 Å². The van der Waals surface area contributed by atoms with Gasteiger partial charge < -0.3 is 10.0 Å². The highest BCUT2D eigenvalue weighted by molar-refractivity contribution is 5.76. The minimum atomic E-state index is -0.850. The average Bonchev–Trinajstić information content (AvgIpc) is 2.19. The number of aliphatic carboxylic acids is 1. The zero-order chi connectivity index (χ0) is 11.6. The highest BCUT2D eigenvalue weighted by atomic mass is 16.4. The Labute approximate surface area is 89.6 Å². The van der Waals surface area contributed by atoms with Crippen LogP contribution in [-0.4, -0.2) is 29.1 Å². The van der Waals surface area contributed by atoms with E-state index in [0.29, 0.717) is 5.82 Å². The molecule has 0 aliphatic rings. The molecule has 15 heavy (non-hydrogen) atoms. The van der Waals surface area contributed by atoms with Crippen LogP contribution in [0, 0.1) is 13.8 Å². The second-order valence-electron chi connectivity index (χ2n) is 3.70. The van der Waals surface area contributed by atoms with E-state index in [4.69, 9.17) is 5.11 Å². The van der Waals surface area contributed by atoms with Crippen LogP contribution in [0.15, 0.2) is 12.1 Å². The van der Waals surface area contributed by atoms with Gasteiger partial charge in [-0.05, 0) is 32.4 Å². The second-order valence-corrected chi connectivity index (χ2v) is 3.70. The van der Waals surface area contributed by atoms with Crippen LogP contribution in [0.4, 0.5) is 5.82 Å². The van der Waals surface area contributed by atoms with Gasteiger partial charge in [0.25, 0.3) is 0 Å². The molecule has 0 spiro atoms. The molecule has 0 saturated carbocycles. The van der Waals surface area contributed by atoms with E-state index in [0.717, 1.165) is 11.3 Å². The Hall–Kier alpha value is -1.58. The van der Waals surface area contributed by atoms with Gasteiger partial charge >= 0.3 is 5.97 Å². The number of pyridine rings is 1. The van der Waals surface area contributed by atoms with E-state index >= 15 is 0 Å². The number of carboxylic acids is 1. The Morgan fingerprint density at radius 3 is 2.53 bits per heavy atom. The quantitative estimate of drug-likeness (QED) is 0.819. The van der Waals surface area contributed by atoms with Crippen molar-refractivity contribution in [1.82, 2.24) is 4.98 Å². The van der Waals surface area contributed by atoms with Crippen LogP contribution in [0.25, 0.3) is 0 Å². The number of anilines is 1. The van der Waals surface area contributed by atoms with Gasteiger partial charge in [0, 0.05) is 12.7 Å². The third-order valence-electron chi connectivity index (χ3n) is 2.64. The highest BCUT2D eigenvalue weighted by Crippen LogP contribution is 2.15. The van der Waals surface area contributed by atoms with Crippen LogP contribution >= 0.6 is 0 Å². The largest absolute Gasteiger partial charge is 0.480 e. The predicted molar refractivity (Wildman–Crippen MR) is 59.2 cm³/mol. The van der Waals surface area contributed by atoms with Gasteiger partial charge in [-0.15, -0.1) is 0 Å². The van der Waals surface area contributed by atoms with Crippen LogP contribution in [0.2, 0.25) is 0 Å². The summed E-state index contributed by atoms with van der Waals surface area (Å²) in [7, 11) is 1.73. The maximum Gasteiger partial charge on any atom is 0.326 e. The first-order valence-electron chi connectivity index (χ1n) is 4.83. The molecule has 1 rings (SSSR count). The van der Waals surface area contributed by atoms with E-state index in [9.17, 15) is 4.79 Å². The minimum absolute atomic E-state index is 0.570. The van der Waals surface area contributed by atoms with Gasteiger partial charge in [-0.1, -0.05) is 6.07 Å². The molecule has 0 bridgehead atoms. The van der Waals surface area contributed by atoms with Crippen LogP contribution < -0.4 is 4.90 Å². The molecule has 1 N–H and O–H groups in total. The summed E-state index contributed by atoms with van der Waals surface area (Å²) in [6.07, 6.45) is 0. The summed E-state index contributed by atoms with van der Waals surface area (Å²) < 4.78 is 0. The zero-order valence-electron chi connectivity index (χ0n) is 9.48. The van der Waals surface area contributed by atoms with E-state index in [1.165, 1.54) is 0 Å². The minimum Gasteiger partial charge on any atom is -0.480 e. The summed E-state index contributed by atoms with van der Waals surface area (Å²) in [5, 5.41) is 8.87. The predicted octanol–water partition coefficient (Wildman–Crippen LogP) is 1.61. The van der Waals surface area contributed by atoms with E-state index in [2.05, 4.69) is 4.98 Å². The van der Waals surface area contributed by atoms with E-state index < -0.39 is 12.0 Å². The van der Waals surface area contributed by atoms with E-state index in [1.807, 2.05) is 26.0 Å². The maximum atomic E-state index is 10.8. The lowest BCUT2D eigenvalue weighted by Crippen LogP contribution is -2.36. The van der Waals surface area contributed by atoms with Crippen LogP contribution in [-0.2, 0) is 4.79 Å². The molecule has 0 fully saturated rings. The number of carbonyl (C=O) groups is 1. The molecule has 1 aromatic rings. The maximum absolute atomic E-state index is 10.8. The van der Waals surface area contributed by atoms with Gasteiger partial charge in [-0.3, -0.25) is 0 Å². The summed E-state index contributed by atoms with van der Waals surface area (Å²) in [6.45, 7) is 5.53. The van der Waals surface area contributed by atoms with Crippen LogP contribution in [0.5, 0.6) is 0 Å². The summed E-state index contributed by atoms with van der Waals surface area (Å²) in [6, 6.07) is 3.21. The monoisotopic (exact) mass is 208 g/mol. The number of aromatic nitrogens is 1. The third-order valence-corrected chi connectivity index (χ3v) is 2.64. The summed E-state index contributed by atoms with van der Waals surface area (Å²) in [5.41, 5.74) is 2.03. The molecule has 82 valence electrons. The Morgan fingerprint density at radius 1 is 1.47 bits per heavy atom. The molecule has 1 aromatic heterocycles. The number of rotatable bonds is 3. The van der Waals surface area contributed by atoms with Gasteiger partial charge in [0.15, 0.2) is 0 Å². The zero-order valence-corrected chi connectivity index (χ0v) is 9.48. The number of aryl methyl sites for hydroxylation is 2. The molecule has 1 atom stereocenters. The van der Waals surface area contributed by atoms with E-state index in [1.54, 1.807) is 18.9 Å². The van der Waals surface area contributed by atoms with Crippen LogP contribution in [0.3, 0.4) is 0 Å². The van der Waals surface area contributed by atoms with Gasteiger partial charge in [0.1, 0.15) is 11.9 Å². The van der Waals surface area contributed by atoms with Crippen LogP contribution in [0.1, 0.15) is 18.2 Å². The lowest BCUT2D eigenvalue weighted by molar-refractivity contribution is -0.138. The lowest BCUT2D eigenvalue weighted by atomic mass is 10.2. The van der Waals surface area contributed by atoms with Crippen molar-refractivity contribution in [3.63, 3.8) is 0 Å². The van der Waals surface area contributed by atoms with Crippen molar-refractivity contribution in [2.75, 3.05) is 11.9 Å². The standard InChI is InChI=1S/C11H16N2O2/c1-7-5-6-10(12-8(7)2)13(4)9(3)11(14)15/h5-6,9H,1-4H3,(H,14,15). The average molecular weight is 208 g/mol. The normalized spacial score (nSPS) is 12.3. The lowest BCUT2D eigenvalue weighted by Gasteiger charge is -2.23. The van der Waals surface area contributed by atoms with Crippen molar-refractivity contribution < 1.29 is 9.90 Å².